The minimum atomic E-state index is -0.658. The topological polar surface area (TPSA) is 61.7 Å². The van der Waals surface area contributed by atoms with Gasteiger partial charge in [-0.25, -0.2) is 0 Å². The van der Waals surface area contributed by atoms with Crippen molar-refractivity contribution < 1.29 is 9.90 Å². The number of phenols is 1. The molecule has 1 heterocycles. The van der Waals surface area contributed by atoms with E-state index in [0.717, 1.165) is 16.7 Å². The van der Waals surface area contributed by atoms with E-state index < -0.39 is 6.04 Å². The van der Waals surface area contributed by atoms with Crippen molar-refractivity contribution >= 4 is 40.5 Å². The predicted octanol–water partition coefficient (Wildman–Crippen LogP) is 5.10. The second-order valence-corrected chi connectivity index (χ2v) is 7.36. The predicted molar refractivity (Wildman–Crippen MR) is 113 cm³/mol. The molecule has 140 valence electrons. The summed E-state index contributed by atoms with van der Waals surface area (Å²) >= 11 is 12.5. The summed E-state index contributed by atoms with van der Waals surface area (Å²) < 4.78 is 0. The third kappa shape index (κ3) is 3.75. The molecule has 1 unspecified atom stereocenters. The van der Waals surface area contributed by atoms with Gasteiger partial charge in [0.05, 0.1) is 11.4 Å². The lowest BCUT2D eigenvalue weighted by Gasteiger charge is -2.12. The molecule has 4 rings (SSSR count). The Balaban J connectivity index is 1.84. The lowest BCUT2D eigenvalue weighted by Crippen LogP contribution is -2.27. The van der Waals surface area contributed by atoms with Gasteiger partial charge in [-0.05, 0) is 54.1 Å². The van der Waals surface area contributed by atoms with Crippen LogP contribution in [0.1, 0.15) is 16.7 Å². The number of fused-ring (bicyclic) bond motifs is 1. The van der Waals surface area contributed by atoms with Gasteiger partial charge in [-0.1, -0.05) is 41.4 Å². The third-order valence-electron chi connectivity index (χ3n) is 4.59. The van der Waals surface area contributed by atoms with Crippen molar-refractivity contribution in [1.82, 2.24) is 0 Å². The van der Waals surface area contributed by atoms with Crippen molar-refractivity contribution in [3.05, 3.63) is 93.5 Å². The molecule has 1 amide bonds. The first-order valence-electron chi connectivity index (χ1n) is 8.72. The minimum Gasteiger partial charge on any atom is -0.508 e. The smallest absolute Gasteiger partial charge is 0.249 e. The van der Waals surface area contributed by atoms with E-state index in [9.17, 15) is 9.90 Å². The van der Waals surface area contributed by atoms with Crippen molar-refractivity contribution in [1.29, 1.82) is 0 Å². The van der Waals surface area contributed by atoms with E-state index in [1.54, 1.807) is 48.5 Å². The number of nitrogens with zero attached hydrogens (tertiary/aromatic N) is 1. The first-order valence-corrected chi connectivity index (χ1v) is 9.48. The number of nitrogens with one attached hydrogen (secondary N) is 1. The number of hydrogen-bond donors (Lipinski definition) is 2. The van der Waals surface area contributed by atoms with Crippen LogP contribution in [-0.4, -0.2) is 22.8 Å². The number of hydrogen-bond acceptors (Lipinski definition) is 3. The van der Waals surface area contributed by atoms with Gasteiger partial charge in [-0.2, -0.15) is 0 Å². The molecular weight excluding hydrogens is 395 g/mol. The standard InChI is InChI=1S/C22H16Cl2N2O2/c23-15-7-10-19-17(12-15)21(13-5-8-16(27)9-6-13)25-20(22(28)26-19)11-14-3-1-2-4-18(14)24/h1-10,12,20,27H,11H2,(H,26,28). The molecule has 4 nitrogen and oxygen atoms in total. The van der Waals surface area contributed by atoms with Gasteiger partial charge < -0.3 is 10.4 Å². The lowest BCUT2D eigenvalue weighted by atomic mass is 10.00. The normalized spacial score (nSPS) is 16.0. The van der Waals surface area contributed by atoms with E-state index in [1.807, 2.05) is 18.2 Å². The second-order valence-electron chi connectivity index (χ2n) is 6.52. The van der Waals surface area contributed by atoms with Crippen LogP contribution in [0.25, 0.3) is 0 Å². The number of rotatable bonds is 3. The van der Waals surface area contributed by atoms with Crippen LogP contribution in [0.4, 0.5) is 5.69 Å². The Morgan fingerprint density at radius 3 is 2.50 bits per heavy atom. The highest BCUT2D eigenvalue weighted by Gasteiger charge is 2.26. The zero-order chi connectivity index (χ0) is 19.7. The van der Waals surface area contributed by atoms with Crippen molar-refractivity contribution in [2.75, 3.05) is 5.32 Å². The van der Waals surface area contributed by atoms with Gasteiger partial charge in [0.2, 0.25) is 5.91 Å². The van der Waals surface area contributed by atoms with E-state index in [1.165, 1.54) is 0 Å². The Labute approximate surface area is 172 Å². The number of benzodiazepines with no additional fused rings is 1. The molecule has 1 aliphatic rings. The summed E-state index contributed by atoms with van der Waals surface area (Å²) in [5.41, 5.74) is 3.63. The number of halogens is 2. The first-order chi connectivity index (χ1) is 13.5. The third-order valence-corrected chi connectivity index (χ3v) is 5.20. The van der Waals surface area contributed by atoms with E-state index >= 15 is 0 Å². The number of benzene rings is 3. The largest absolute Gasteiger partial charge is 0.508 e. The monoisotopic (exact) mass is 410 g/mol. The van der Waals surface area contributed by atoms with Crippen LogP contribution in [-0.2, 0) is 11.2 Å². The molecule has 2 N–H and O–H groups in total. The van der Waals surface area contributed by atoms with E-state index in [2.05, 4.69) is 5.32 Å². The number of aliphatic imine (C=N–C) groups is 1. The van der Waals surface area contributed by atoms with E-state index in [0.29, 0.717) is 27.9 Å². The summed E-state index contributed by atoms with van der Waals surface area (Å²) in [6.07, 6.45) is 0.370. The molecular formula is C22H16Cl2N2O2. The second kappa shape index (κ2) is 7.66. The molecule has 6 heteroatoms. The number of amides is 1. The number of carbonyl (C=O) groups excluding carboxylic acids is 1. The minimum absolute atomic E-state index is 0.158. The summed E-state index contributed by atoms with van der Waals surface area (Å²) in [6.45, 7) is 0. The van der Waals surface area contributed by atoms with Gasteiger partial charge in [0.25, 0.3) is 0 Å². The van der Waals surface area contributed by atoms with Crippen molar-refractivity contribution in [2.45, 2.75) is 12.5 Å². The summed E-state index contributed by atoms with van der Waals surface area (Å²) in [7, 11) is 0. The van der Waals surface area contributed by atoms with Gasteiger partial charge >= 0.3 is 0 Å². The Hall–Kier alpha value is -2.82. The van der Waals surface area contributed by atoms with Crippen LogP contribution in [0.2, 0.25) is 10.0 Å². The summed E-state index contributed by atoms with van der Waals surface area (Å²) in [5, 5.41) is 13.7. The highest BCUT2D eigenvalue weighted by atomic mass is 35.5. The van der Waals surface area contributed by atoms with Crippen molar-refractivity contribution in [3.63, 3.8) is 0 Å². The quantitative estimate of drug-likeness (QED) is 0.630. The van der Waals surface area contributed by atoms with E-state index in [4.69, 9.17) is 28.2 Å². The van der Waals surface area contributed by atoms with Gasteiger partial charge in [0.15, 0.2) is 0 Å². The van der Waals surface area contributed by atoms with Crippen LogP contribution >= 0.6 is 23.2 Å². The summed E-state index contributed by atoms with van der Waals surface area (Å²) in [4.78, 5) is 17.7. The van der Waals surface area contributed by atoms with E-state index in [-0.39, 0.29) is 11.7 Å². The Bertz CT molecular complexity index is 1080. The summed E-state index contributed by atoms with van der Waals surface area (Å²) in [5.74, 6) is -0.0524. The first kappa shape index (κ1) is 18.5. The zero-order valence-corrected chi connectivity index (χ0v) is 16.2. The average molecular weight is 411 g/mol. The molecule has 0 saturated heterocycles. The van der Waals surface area contributed by atoms with Gasteiger partial charge in [0.1, 0.15) is 11.8 Å². The fourth-order valence-electron chi connectivity index (χ4n) is 3.18. The lowest BCUT2D eigenvalue weighted by molar-refractivity contribution is -0.117. The van der Waals surface area contributed by atoms with Crippen LogP contribution in [0.3, 0.4) is 0 Å². The molecule has 1 atom stereocenters. The molecule has 3 aromatic rings. The highest BCUT2D eigenvalue weighted by Crippen LogP contribution is 2.29. The number of carbonyl (C=O) groups is 1. The fraction of sp³-hybridized carbons (Fsp3) is 0.0909. The molecule has 0 saturated carbocycles. The van der Waals surface area contributed by atoms with Crippen LogP contribution in [0.15, 0.2) is 71.7 Å². The molecule has 1 aliphatic heterocycles. The van der Waals surface area contributed by atoms with Gasteiger partial charge in [-0.15, -0.1) is 0 Å². The average Bonchev–Trinajstić information content (AvgIpc) is 2.81. The number of anilines is 1. The maximum atomic E-state index is 12.9. The molecule has 28 heavy (non-hydrogen) atoms. The zero-order valence-electron chi connectivity index (χ0n) is 14.7. The SMILES string of the molecule is O=C1Nc2ccc(Cl)cc2C(c2ccc(O)cc2)=NC1Cc1ccccc1Cl. The molecule has 3 aromatic carbocycles. The number of aromatic hydroxyl groups is 1. The number of phenolic OH excluding ortho intramolecular Hbond substituents is 1. The maximum Gasteiger partial charge on any atom is 0.249 e. The maximum absolute atomic E-state index is 12.9. The van der Waals surface area contributed by atoms with Crippen LogP contribution < -0.4 is 5.32 Å². The molecule has 0 radical (unpaired) electrons. The molecule has 0 fully saturated rings. The van der Waals surface area contributed by atoms with Crippen molar-refractivity contribution in [3.8, 4) is 5.75 Å². The molecule has 0 aliphatic carbocycles. The van der Waals surface area contributed by atoms with Gasteiger partial charge in [-0.3, -0.25) is 9.79 Å². The highest BCUT2D eigenvalue weighted by molar-refractivity contribution is 6.32. The Morgan fingerprint density at radius 2 is 1.75 bits per heavy atom. The molecule has 0 spiro atoms. The van der Waals surface area contributed by atoms with Crippen molar-refractivity contribution in [2.24, 2.45) is 4.99 Å². The van der Waals surface area contributed by atoms with Crippen LogP contribution in [0, 0.1) is 0 Å². The van der Waals surface area contributed by atoms with Gasteiger partial charge in [0, 0.05) is 27.6 Å². The Morgan fingerprint density at radius 1 is 1.00 bits per heavy atom. The molecule has 0 bridgehead atoms. The Kier molecular flexibility index (Phi) is 5.07. The molecule has 0 aromatic heterocycles. The summed E-state index contributed by atoms with van der Waals surface area (Å²) in [6, 6.07) is 18.7. The fourth-order valence-corrected chi connectivity index (χ4v) is 3.57. The van der Waals surface area contributed by atoms with Crippen LogP contribution in [0.5, 0.6) is 5.75 Å².